The van der Waals surface area contributed by atoms with E-state index < -0.39 is 0 Å². The van der Waals surface area contributed by atoms with E-state index >= 15 is 0 Å². The van der Waals surface area contributed by atoms with E-state index in [9.17, 15) is 0 Å². The van der Waals surface area contributed by atoms with E-state index in [1.165, 1.54) is 0 Å². The molecule has 0 N–H and O–H groups in total. The third kappa shape index (κ3) is 6460. The van der Waals surface area contributed by atoms with Crippen LogP contribution in [0.3, 0.4) is 0 Å². The van der Waals surface area contributed by atoms with Crippen LogP contribution in [-0.2, 0) is 20.1 Å². The smallest absolute Gasteiger partial charge is 1.00 e. The molecule has 0 unspecified atom stereocenters. The Balaban J connectivity index is 0. The molecule has 0 nitrogen and oxygen atoms in total. The van der Waals surface area contributed by atoms with Crippen molar-refractivity contribution in [1.29, 1.82) is 0 Å². The molecule has 0 rings (SSSR count). The van der Waals surface area contributed by atoms with Crippen molar-refractivity contribution in [3.05, 3.63) is 0 Å². The standard InChI is InChI=1S/7FH.Tc/h7*1H;/q;;;;;;;+7/p-7. The fourth-order valence-electron chi connectivity index (χ4n) is 0. The molecule has 0 bridgehead atoms. The number of hydrogen-bond acceptors (Lipinski definition) is 0. The Kier molecular flexibility index (Phi) is 22000000. The van der Waals surface area contributed by atoms with E-state index in [-0.39, 0.29) is 53.0 Å². The summed E-state index contributed by atoms with van der Waals surface area (Å²) in [6, 6.07) is 0. The van der Waals surface area contributed by atoms with Gasteiger partial charge in [0.15, 0.2) is 0 Å². The van der Waals surface area contributed by atoms with Gasteiger partial charge in [0.05, 0.1) is 0 Å². The Hall–Kier alpha value is 0.159. The molecule has 0 atom stereocenters. The Morgan fingerprint density at radius 1 is 0.250 bits per heavy atom. The topological polar surface area (TPSA) is 0 Å². The van der Waals surface area contributed by atoms with E-state index in [1.807, 2.05) is 0 Å². The van der Waals surface area contributed by atoms with Crippen LogP contribution in [-0.4, -0.2) is 0 Å². The van der Waals surface area contributed by atoms with Gasteiger partial charge >= 0.3 is 20.1 Å². The Morgan fingerprint density at radius 3 is 0.250 bits per heavy atom. The van der Waals surface area contributed by atoms with Gasteiger partial charge in [-0.25, -0.2) is 0 Å². The minimum absolute atomic E-state index is 0. The van der Waals surface area contributed by atoms with Gasteiger partial charge in [0.2, 0.25) is 0 Å². The first kappa shape index (κ1) is 16500. The van der Waals surface area contributed by atoms with Crippen molar-refractivity contribution in [3.63, 3.8) is 0 Å². The van der Waals surface area contributed by atoms with Crippen molar-refractivity contribution in [1.82, 2.24) is 0 Å². The van der Waals surface area contributed by atoms with Crippen molar-refractivity contribution in [2.24, 2.45) is 0 Å². The van der Waals surface area contributed by atoms with Gasteiger partial charge in [-0.1, -0.05) is 0 Å². The molecule has 0 aromatic rings. The quantitative estimate of drug-likeness (QED) is 0.363. The predicted molar refractivity (Wildman–Crippen MR) is 0 cm³/mol. The zero-order chi connectivity index (χ0) is 0. The Morgan fingerprint density at radius 2 is 0.250 bits per heavy atom. The monoisotopic (exact) mass is 230 g/mol. The molecule has 0 saturated heterocycles. The van der Waals surface area contributed by atoms with Gasteiger partial charge in [-0.15, -0.1) is 0 Å². The zero-order valence-corrected chi connectivity index (χ0v) is 4.88. The SMILES string of the molecule is [F-].[F-].[F-].[F-].[F-].[F-].[F-].[Tc+7]. The molecule has 56 valence electrons. The molecular weight excluding hydrogens is 231 g/mol. The van der Waals surface area contributed by atoms with Crippen LogP contribution < -0.4 is 32.9 Å². The van der Waals surface area contributed by atoms with Crippen LogP contribution in [0.4, 0.5) is 0 Å². The van der Waals surface area contributed by atoms with Gasteiger partial charge in [-0.05, 0) is 0 Å². The zero-order valence-electron chi connectivity index (χ0n) is 3.02. The summed E-state index contributed by atoms with van der Waals surface area (Å²) in [4.78, 5) is 0. The normalized spacial score (nSPS) is 0. The Bertz CT molecular complexity index is 4.35. The van der Waals surface area contributed by atoms with Crippen molar-refractivity contribution in [3.8, 4) is 0 Å². The van der Waals surface area contributed by atoms with Gasteiger partial charge in [0.1, 0.15) is 0 Å². The average molecular weight is 231 g/mol. The van der Waals surface area contributed by atoms with Crippen LogP contribution in [0.25, 0.3) is 0 Å². The molecule has 0 amide bonds. The second-order valence-electron chi connectivity index (χ2n) is 0. The van der Waals surface area contributed by atoms with E-state index in [2.05, 4.69) is 0 Å². The van der Waals surface area contributed by atoms with E-state index in [4.69, 9.17) is 0 Å². The molecule has 0 fully saturated rings. The van der Waals surface area contributed by atoms with Crippen molar-refractivity contribution < 1.29 is 53.0 Å². The molecule has 0 aromatic heterocycles. The first-order valence-electron chi connectivity index (χ1n) is 0. The van der Waals surface area contributed by atoms with Gasteiger partial charge in [-0.3, -0.25) is 0 Å². The summed E-state index contributed by atoms with van der Waals surface area (Å²) in [6.45, 7) is 0. The van der Waals surface area contributed by atoms with Crippen molar-refractivity contribution in [2.45, 2.75) is 0 Å². The Labute approximate surface area is 53.9 Å². The third-order valence-corrected chi connectivity index (χ3v) is 0. The van der Waals surface area contributed by atoms with Crippen LogP contribution in [0, 0.1) is 0 Å². The maximum atomic E-state index is 0. The first-order chi connectivity index (χ1) is 0. The molecule has 0 aromatic carbocycles. The van der Waals surface area contributed by atoms with Crippen molar-refractivity contribution in [2.75, 3.05) is 0 Å². The molecule has 0 spiro atoms. The van der Waals surface area contributed by atoms with Crippen LogP contribution >= 0.6 is 0 Å². The summed E-state index contributed by atoms with van der Waals surface area (Å²) < 4.78 is 0. The second-order valence-corrected chi connectivity index (χ2v) is 0. The summed E-state index contributed by atoms with van der Waals surface area (Å²) in [7, 11) is 0. The van der Waals surface area contributed by atoms with Gasteiger partial charge < -0.3 is 32.9 Å². The van der Waals surface area contributed by atoms with Crippen LogP contribution in [0.5, 0.6) is 0 Å². The van der Waals surface area contributed by atoms with Gasteiger partial charge in [0, 0.05) is 0 Å². The van der Waals surface area contributed by atoms with E-state index in [0.29, 0.717) is 0 Å². The number of hydrogen-bond donors (Lipinski definition) is 0. The summed E-state index contributed by atoms with van der Waals surface area (Å²) in [6.07, 6.45) is 0. The van der Waals surface area contributed by atoms with Crippen molar-refractivity contribution >= 4 is 0 Å². The molecule has 0 saturated carbocycles. The fourth-order valence-corrected chi connectivity index (χ4v) is 0. The maximum Gasteiger partial charge on any atom is 7.00 e. The minimum Gasteiger partial charge on any atom is -1.00 e. The molecule has 0 aliphatic heterocycles. The van der Waals surface area contributed by atoms with Crippen LogP contribution in [0.1, 0.15) is 0 Å². The largest absolute Gasteiger partial charge is 7.00 e. The van der Waals surface area contributed by atoms with Crippen LogP contribution in [0.15, 0.2) is 0 Å². The van der Waals surface area contributed by atoms with Gasteiger partial charge in [-0.2, -0.15) is 0 Å². The summed E-state index contributed by atoms with van der Waals surface area (Å²) in [5, 5.41) is 0. The first-order valence-corrected chi connectivity index (χ1v) is 0. The maximum absolute atomic E-state index is 0. The van der Waals surface area contributed by atoms with E-state index in [1.54, 1.807) is 0 Å². The molecule has 8 heavy (non-hydrogen) atoms. The number of halogens is 7. The summed E-state index contributed by atoms with van der Waals surface area (Å²) >= 11 is 0. The molecule has 0 aliphatic carbocycles. The average Bonchev–Trinajstić information content (AvgIpc) is 0. The van der Waals surface area contributed by atoms with Crippen LogP contribution in [0.2, 0.25) is 0 Å². The van der Waals surface area contributed by atoms with E-state index in [0.717, 1.165) is 0 Å². The molecule has 0 aliphatic rings. The predicted octanol–water partition coefficient (Wildman–Crippen LogP) is -21.0. The molecule has 8 heteroatoms. The van der Waals surface area contributed by atoms with Gasteiger partial charge in [0.25, 0.3) is 0 Å². The second kappa shape index (κ2) is 10700. The molecule has 0 radical (unpaired) electrons. The molecule has 0 heterocycles. The number of rotatable bonds is 0. The summed E-state index contributed by atoms with van der Waals surface area (Å²) in [5.74, 6) is 0. The fraction of sp³-hybridized carbons (Fsp3) is 0. The minimum atomic E-state index is 0. The molecular formula is F7Tc. The summed E-state index contributed by atoms with van der Waals surface area (Å²) in [5.41, 5.74) is 0. The third-order valence-electron chi connectivity index (χ3n) is 0.